The third kappa shape index (κ3) is 29.3. The molecule has 2 nitrogen and oxygen atoms in total. The zero-order chi connectivity index (χ0) is 10.4. The van der Waals surface area contributed by atoms with Crippen LogP contribution in [-0.2, 0) is 4.74 Å². The number of nitrogens with one attached hydrogen (secondary N) is 1. The fraction of sp³-hybridized carbons (Fsp3) is 1.00. The molecule has 0 heterocycles. The van der Waals surface area contributed by atoms with E-state index in [0.717, 1.165) is 27.0 Å². The monoisotopic (exact) mass is 210 g/mol. The standard InChI is InChI=1S/C6H16BNO.C4H10.Na/c1-3-7-8-5-4-6-9-2;1-3-4-2;/h7-8H,3-6H2,1-2H3;3-4H2,1-2H3;/q-1;;+1. The van der Waals surface area contributed by atoms with Crippen molar-refractivity contribution in [2.75, 3.05) is 20.3 Å². The molecular formula is C10H26BNNaO. The summed E-state index contributed by atoms with van der Waals surface area (Å²) in [4.78, 5) is 0. The minimum Gasteiger partial charge on any atom is -0.522 e. The first kappa shape index (κ1) is 20.4. The van der Waals surface area contributed by atoms with Crippen LogP contribution in [0, 0.1) is 0 Å². The van der Waals surface area contributed by atoms with Crippen LogP contribution in [0.1, 0.15) is 40.0 Å². The number of hydrogen-bond acceptors (Lipinski definition) is 2. The summed E-state index contributed by atoms with van der Waals surface area (Å²) in [7, 11) is 2.86. The topological polar surface area (TPSA) is 21.3 Å². The molecule has 0 rings (SSSR count). The minimum atomic E-state index is 0. The largest absolute Gasteiger partial charge is 1.00 e. The second-order valence-electron chi connectivity index (χ2n) is 3.10. The maximum absolute atomic E-state index is 4.88. The Morgan fingerprint density at radius 2 is 1.71 bits per heavy atom. The van der Waals surface area contributed by atoms with E-state index in [1.54, 1.807) is 7.11 Å². The molecule has 0 amide bonds. The van der Waals surface area contributed by atoms with Crippen molar-refractivity contribution in [3.8, 4) is 0 Å². The van der Waals surface area contributed by atoms with Crippen LogP contribution in [-0.4, -0.2) is 27.7 Å². The molecular weight excluding hydrogens is 184 g/mol. The summed E-state index contributed by atoms with van der Waals surface area (Å²) >= 11 is 0. The molecule has 81 valence electrons. The van der Waals surface area contributed by atoms with Crippen molar-refractivity contribution in [3.05, 3.63) is 0 Å². The van der Waals surface area contributed by atoms with Gasteiger partial charge in [0.2, 0.25) is 0 Å². The smallest absolute Gasteiger partial charge is 0.522 e. The first-order valence-corrected chi connectivity index (χ1v) is 5.53. The first-order valence-electron chi connectivity index (χ1n) is 5.53. The van der Waals surface area contributed by atoms with Gasteiger partial charge in [-0.2, -0.15) is 6.32 Å². The molecule has 0 unspecified atom stereocenters. The van der Waals surface area contributed by atoms with Crippen molar-refractivity contribution in [1.82, 2.24) is 5.23 Å². The Kier molecular flexibility index (Phi) is 34.5. The van der Waals surface area contributed by atoms with Crippen LogP contribution in [0.4, 0.5) is 0 Å². The van der Waals surface area contributed by atoms with Crippen LogP contribution >= 0.6 is 0 Å². The van der Waals surface area contributed by atoms with Gasteiger partial charge < -0.3 is 9.96 Å². The second-order valence-corrected chi connectivity index (χ2v) is 3.10. The molecule has 1 N–H and O–H groups in total. The van der Waals surface area contributed by atoms with Gasteiger partial charge in [-0.25, -0.2) is 0 Å². The Hall–Kier alpha value is 0.985. The van der Waals surface area contributed by atoms with E-state index in [1.165, 1.54) is 19.2 Å². The van der Waals surface area contributed by atoms with E-state index in [1.807, 2.05) is 0 Å². The van der Waals surface area contributed by atoms with Crippen molar-refractivity contribution in [1.29, 1.82) is 0 Å². The van der Waals surface area contributed by atoms with Gasteiger partial charge in [-0.05, 0) is 13.0 Å². The summed E-state index contributed by atoms with van der Waals surface area (Å²) in [6, 6.07) is 0. The first-order chi connectivity index (χ1) is 6.33. The average molecular weight is 210 g/mol. The number of hydrogen-bond donors (Lipinski definition) is 1. The van der Waals surface area contributed by atoms with Gasteiger partial charge in [0.05, 0.1) is 0 Å². The fourth-order valence-electron chi connectivity index (χ4n) is 0.643. The zero-order valence-corrected chi connectivity index (χ0v) is 12.9. The molecule has 0 fully saturated rings. The van der Waals surface area contributed by atoms with Crippen molar-refractivity contribution in [2.24, 2.45) is 0 Å². The number of unbranched alkanes of at least 4 members (excludes halogenated alkanes) is 1. The molecule has 0 saturated heterocycles. The predicted octanol–water partition coefficient (Wildman–Crippen LogP) is -0.787. The molecule has 0 aliphatic carbocycles. The Morgan fingerprint density at radius 3 is 2.07 bits per heavy atom. The summed E-state index contributed by atoms with van der Waals surface area (Å²) in [5.74, 6) is 0. The molecule has 0 atom stereocenters. The normalized spacial score (nSPS) is 8.57. The van der Waals surface area contributed by atoms with Gasteiger partial charge in [0, 0.05) is 13.7 Å². The quantitative estimate of drug-likeness (QED) is 0.439. The molecule has 0 aromatic heterocycles. The Morgan fingerprint density at radius 1 is 1.14 bits per heavy atom. The molecule has 0 saturated carbocycles. The van der Waals surface area contributed by atoms with E-state index in [0.29, 0.717) is 0 Å². The zero-order valence-electron chi connectivity index (χ0n) is 10.9. The fourth-order valence-corrected chi connectivity index (χ4v) is 0.643. The summed E-state index contributed by atoms with van der Waals surface area (Å²) in [6.07, 6.45) is 4.98. The van der Waals surface area contributed by atoms with Gasteiger partial charge in [-0.1, -0.05) is 41.0 Å². The Bertz CT molecular complexity index is 69.1. The molecule has 14 heavy (non-hydrogen) atoms. The van der Waals surface area contributed by atoms with Crippen molar-refractivity contribution in [2.45, 2.75) is 46.4 Å². The maximum atomic E-state index is 4.88. The van der Waals surface area contributed by atoms with Gasteiger partial charge in [0.25, 0.3) is 0 Å². The summed E-state index contributed by atoms with van der Waals surface area (Å²) in [6.45, 7) is 8.49. The molecule has 0 aromatic carbocycles. The van der Waals surface area contributed by atoms with E-state index >= 15 is 0 Å². The summed E-state index contributed by atoms with van der Waals surface area (Å²) in [5, 5.41) is 3.29. The average Bonchev–Trinajstić information content (AvgIpc) is 2.18. The third-order valence-corrected chi connectivity index (χ3v) is 1.63. The third-order valence-electron chi connectivity index (χ3n) is 1.63. The van der Waals surface area contributed by atoms with E-state index < -0.39 is 0 Å². The van der Waals surface area contributed by atoms with Crippen molar-refractivity contribution >= 4 is 7.41 Å². The van der Waals surface area contributed by atoms with Crippen LogP contribution in [0.3, 0.4) is 0 Å². The van der Waals surface area contributed by atoms with Gasteiger partial charge in [0.15, 0.2) is 0 Å². The van der Waals surface area contributed by atoms with Crippen LogP contribution in [0.25, 0.3) is 0 Å². The number of methoxy groups -OCH3 is 1. The van der Waals surface area contributed by atoms with E-state index in [9.17, 15) is 0 Å². The van der Waals surface area contributed by atoms with Crippen molar-refractivity contribution in [3.63, 3.8) is 0 Å². The van der Waals surface area contributed by atoms with E-state index in [-0.39, 0.29) is 29.6 Å². The molecule has 0 aliphatic heterocycles. The maximum Gasteiger partial charge on any atom is 1.00 e. The Labute approximate surface area is 113 Å². The van der Waals surface area contributed by atoms with Gasteiger partial charge in [-0.15, -0.1) is 0 Å². The van der Waals surface area contributed by atoms with Crippen molar-refractivity contribution < 1.29 is 34.3 Å². The second kappa shape index (κ2) is 23.7. The molecule has 0 aromatic rings. The van der Waals surface area contributed by atoms with Crippen LogP contribution in [0.15, 0.2) is 0 Å². The van der Waals surface area contributed by atoms with Crippen LogP contribution in [0.2, 0.25) is 6.32 Å². The van der Waals surface area contributed by atoms with Crippen LogP contribution < -0.4 is 34.8 Å². The summed E-state index contributed by atoms with van der Waals surface area (Å²) < 4.78 is 4.88. The number of rotatable bonds is 7. The molecule has 0 aliphatic rings. The number of ether oxygens (including phenoxy) is 1. The SMILES string of the molecule is CCCC.CC[BH-]NCCCOC.[Na+]. The minimum absolute atomic E-state index is 0. The van der Waals surface area contributed by atoms with Gasteiger partial charge >= 0.3 is 29.6 Å². The van der Waals surface area contributed by atoms with E-state index in [4.69, 9.17) is 4.74 Å². The van der Waals surface area contributed by atoms with Gasteiger partial charge in [0.1, 0.15) is 0 Å². The molecule has 1 radical (unpaired) electrons. The predicted molar refractivity (Wildman–Crippen MR) is 62.7 cm³/mol. The summed E-state index contributed by atoms with van der Waals surface area (Å²) in [5.41, 5.74) is 0. The molecule has 0 spiro atoms. The van der Waals surface area contributed by atoms with Gasteiger partial charge in [-0.3, -0.25) is 0 Å². The Balaban J connectivity index is -0.000000209. The molecule has 4 heteroatoms. The van der Waals surface area contributed by atoms with E-state index in [2.05, 4.69) is 26.0 Å². The molecule has 0 bridgehead atoms. The van der Waals surface area contributed by atoms with Crippen LogP contribution in [0.5, 0.6) is 0 Å².